The third kappa shape index (κ3) is 4.18. The van der Waals surface area contributed by atoms with Crippen LogP contribution in [0, 0.1) is 11.8 Å². The molecule has 0 aromatic rings. The number of nitrogens with one attached hydrogen (secondary N) is 1. The summed E-state index contributed by atoms with van der Waals surface area (Å²) < 4.78 is 5.46. The fourth-order valence-corrected chi connectivity index (χ4v) is 3.27. The normalized spacial score (nSPS) is 27.8. The molecule has 5 nitrogen and oxygen atoms in total. The van der Waals surface area contributed by atoms with Crippen LogP contribution in [0.15, 0.2) is 0 Å². The number of hydrogen-bond donors (Lipinski definition) is 1. The molecule has 2 saturated heterocycles. The number of rotatable bonds is 5. The number of nitrogens with zero attached hydrogens (tertiary/aromatic N) is 2. The molecule has 0 bridgehead atoms. The minimum Gasteiger partial charge on any atom is -0.379 e. The van der Waals surface area contributed by atoms with E-state index >= 15 is 0 Å². The van der Waals surface area contributed by atoms with Crippen LogP contribution in [0.5, 0.6) is 0 Å². The Morgan fingerprint density at radius 2 is 2.00 bits per heavy atom. The van der Waals surface area contributed by atoms with Gasteiger partial charge < -0.3 is 19.9 Å². The van der Waals surface area contributed by atoms with E-state index in [2.05, 4.69) is 36.0 Å². The van der Waals surface area contributed by atoms with Crippen molar-refractivity contribution in [1.82, 2.24) is 15.1 Å². The minimum atomic E-state index is 0.00453. The Labute approximate surface area is 129 Å². The molecule has 0 aliphatic carbocycles. The van der Waals surface area contributed by atoms with Gasteiger partial charge in [0.2, 0.25) is 5.91 Å². The van der Waals surface area contributed by atoms with E-state index in [0.29, 0.717) is 19.3 Å². The van der Waals surface area contributed by atoms with Gasteiger partial charge in [-0.05, 0) is 46.7 Å². The topological polar surface area (TPSA) is 44.8 Å². The van der Waals surface area contributed by atoms with Crippen LogP contribution < -0.4 is 5.32 Å². The maximum absolute atomic E-state index is 12.6. The molecule has 0 saturated carbocycles. The molecule has 2 atom stereocenters. The Morgan fingerprint density at radius 3 is 2.57 bits per heavy atom. The monoisotopic (exact) mass is 297 g/mol. The van der Waals surface area contributed by atoms with E-state index in [0.717, 1.165) is 38.4 Å². The van der Waals surface area contributed by atoms with Gasteiger partial charge in [-0.2, -0.15) is 0 Å². The molecule has 1 N–H and O–H groups in total. The van der Waals surface area contributed by atoms with E-state index in [1.165, 1.54) is 0 Å². The molecule has 21 heavy (non-hydrogen) atoms. The summed E-state index contributed by atoms with van der Waals surface area (Å²) in [5.74, 6) is 1.01. The van der Waals surface area contributed by atoms with Gasteiger partial charge in [-0.25, -0.2) is 0 Å². The molecule has 2 heterocycles. The molecule has 0 aromatic heterocycles. The van der Waals surface area contributed by atoms with Gasteiger partial charge in [0.25, 0.3) is 0 Å². The van der Waals surface area contributed by atoms with Crippen molar-refractivity contribution in [3.05, 3.63) is 0 Å². The van der Waals surface area contributed by atoms with E-state index < -0.39 is 0 Å². The van der Waals surface area contributed by atoms with Gasteiger partial charge in [0.05, 0.1) is 19.1 Å². The average molecular weight is 297 g/mol. The average Bonchev–Trinajstić information content (AvgIpc) is 2.95. The Kier molecular flexibility index (Phi) is 6.02. The summed E-state index contributed by atoms with van der Waals surface area (Å²) in [6.07, 6.45) is 2.25. The van der Waals surface area contributed by atoms with Crippen LogP contribution in [-0.2, 0) is 9.53 Å². The van der Waals surface area contributed by atoms with Crippen LogP contribution in [-0.4, -0.2) is 74.7 Å². The predicted octanol–water partition coefficient (Wildman–Crippen LogP) is 0.800. The number of hydrogen-bond acceptors (Lipinski definition) is 4. The largest absolute Gasteiger partial charge is 0.379 e. The van der Waals surface area contributed by atoms with Gasteiger partial charge in [0.15, 0.2) is 0 Å². The van der Waals surface area contributed by atoms with Crippen molar-refractivity contribution < 1.29 is 9.53 Å². The standard InChI is InChI=1S/C16H31N3O2/c1-12(2)18(4)9-13-5-7-19(8-6-13)16(20)14-10-21-11-15(14)17-3/h12-15,17H,5-11H2,1-4H3. The first-order valence-corrected chi connectivity index (χ1v) is 8.27. The molecule has 2 aliphatic rings. The van der Waals surface area contributed by atoms with E-state index in [4.69, 9.17) is 4.74 Å². The van der Waals surface area contributed by atoms with Crippen LogP contribution >= 0.6 is 0 Å². The molecule has 2 unspecified atom stereocenters. The number of piperidine rings is 1. The fourth-order valence-electron chi connectivity index (χ4n) is 3.27. The lowest BCUT2D eigenvalue weighted by Gasteiger charge is -2.36. The molecule has 0 radical (unpaired) electrons. The number of likely N-dealkylation sites (tertiary alicyclic amines) is 1. The summed E-state index contributed by atoms with van der Waals surface area (Å²) in [7, 11) is 4.10. The highest BCUT2D eigenvalue weighted by Crippen LogP contribution is 2.23. The molecular weight excluding hydrogens is 266 g/mol. The summed E-state index contributed by atoms with van der Waals surface area (Å²) >= 11 is 0. The second kappa shape index (κ2) is 7.56. The van der Waals surface area contributed by atoms with Crippen molar-refractivity contribution in [3.8, 4) is 0 Å². The third-order valence-electron chi connectivity index (χ3n) is 5.12. The van der Waals surface area contributed by atoms with Gasteiger partial charge in [-0.15, -0.1) is 0 Å². The smallest absolute Gasteiger partial charge is 0.229 e. The first kappa shape index (κ1) is 16.7. The number of carbonyl (C=O) groups is 1. The number of ether oxygens (including phenoxy) is 1. The van der Waals surface area contributed by atoms with Crippen LogP contribution in [0.2, 0.25) is 0 Å². The highest BCUT2D eigenvalue weighted by molar-refractivity contribution is 5.80. The molecule has 0 spiro atoms. The van der Waals surface area contributed by atoms with Crippen molar-refractivity contribution in [2.75, 3.05) is 46.9 Å². The lowest BCUT2D eigenvalue weighted by Crippen LogP contribution is -2.48. The van der Waals surface area contributed by atoms with Crippen LogP contribution in [0.4, 0.5) is 0 Å². The quantitative estimate of drug-likeness (QED) is 0.815. The first-order valence-electron chi connectivity index (χ1n) is 8.27. The highest BCUT2D eigenvalue weighted by atomic mass is 16.5. The first-order chi connectivity index (χ1) is 10.0. The van der Waals surface area contributed by atoms with E-state index in [9.17, 15) is 4.79 Å². The fraction of sp³-hybridized carbons (Fsp3) is 0.938. The molecule has 2 aliphatic heterocycles. The third-order valence-corrected chi connectivity index (χ3v) is 5.12. The van der Waals surface area contributed by atoms with E-state index in [1.807, 2.05) is 7.05 Å². The summed E-state index contributed by atoms with van der Waals surface area (Å²) in [6.45, 7) is 8.65. The zero-order valence-corrected chi connectivity index (χ0v) is 14.0. The number of amides is 1. The Hall–Kier alpha value is -0.650. The highest BCUT2D eigenvalue weighted by Gasteiger charge is 2.36. The van der Waals surface area contributed by atoms with Gasteiger partial charge in [0, 0.05) is 31.7 Å². The molecule has 122 valence electrons. The molecule has 2 fully saturated rings. The summed E-state index contributed by atoms with van der Waals surface area (Å²) in [5, 5.41) is 3.20. The van der Waals surface area contributed by atoms with E-state index in [1.54, 1.807) is 0 Å². The summed E-state index contributed by atoms with van der Waals surface area (Å²) in [5.41, 5.74) is 0. The number of likely N-dealkylation sites (N-methyl/N-ethyl adjacent to an activating group) is 1. The number of carbonyl (C=O) groups excluding carboxylic acids is 1. The molecular formula is C16H31N3O2. The SMILES string of the molecule is CNC1COCC1C(=O)N1CCC(CN(C)C(C)C)CC1. The second-order valence-electron chi connectivity index (χ2n) is 6.84. The van der Waals surface area contributed by atoms with Crippen molar-refractivity contribution in [3.63, 3.8) is 0 Å². The Morgan fingerprint density at radius 1 is 1.33 bits per heavy atom. The van der Waals surface area contributed by atoms with Crippen molar-refractivity contribution in [2.24, 2.45) is 11.8 Å². The van der Waals surface area contributed by atoms with Crippen LogP contribution in [0.1, 0.15) is 26.7 Å². The van der Waals surface area contributed by atoms with Crippen LogP contribution in [0.25, 0.3) is 0 Å². The van der Waals surface area contributed by atoms with Gasteiger partial charge in [0.1, 0.15) is 0 Å². The molecule has 1 amide bonds. The second-order valence-corrected chi connectivity index (χ2v) is 6.84. The lowest BCUT2D eigenvalue weighted by atomic mass is 9.94. The van der Waals surface area contributed by atoms with Gasteiger partial charge in [-0.1, -0.05) is 0 Å². The van der Waals surface area contributed by atoms with E-state index in [-0.39, 0.29) is 17.9 Å². The van der Waals surface area contributed by atoms with Gasteiger partial charge in [-0.3, -0.25) is 4.79 Å². The predicted molar refractivity (Wildman–Crippen MR) is 84.2 cm³/mol. The molecule has 5 heteroatoms. The van der Waals surface area contributed by atoms with Gasteiger partial charge >= 0.3 is 0 Å². The van der Waals surface area contributed by atoms with Crippen LogP contribution in [0.3, 0.4) is 0 Å². The van der Waals surface area contributed by atoms with Crippen molar-refractivity contribution in [2.45, 2.75) is 38.8 Å². The zero-order chi connectivity index (χ0) is 15.4. The van der Waals surface area contributed by atoms with Crippen molar-refractivity contribution in [1.29, 1.82) is 0 Å². The summed E-state index contributed by atoms with van der Waals surface area (Å²) in [6, 6.07) is 0.777. The van der Waals surface area contributed by atoms with Crippen molar-refractivity contribution >= 4 is 5.91 Å². The maximum atomic E-state index is 12.6. The molecule has 2 rings (SSSR count). The Balaban J connectivity index is 1.79. The Bertz CT molecular complexity index is 340. The zero-order valence-electron chi connectivity index (χ0n) is 14.0. The minimum absolute atomic E-state index is 0.00453. The molecule has 0 aromatic carbocycles. The lowest BCUT2D eigenvalue weighted by molar-refractivity contribution is -0.137. The maximum Gasteiger partial charge on any atom is 0.229 e. The summed E-state index contributed by atoms with van der Waals surface area (Å²) in [4.78, 5) is 17.1.